The van der Waals surface area contributed by atoms with E-state index in [-0.39, 0.29) is 18.3 Å². The molecule has 1 amide bonds. The topological polar surface area (TPSA) is 77.1 Å². The molecule has 0 bridgehead atoms. The predicted molar refractivity (Wildman–Crippen MR) is 74.1 cm³/mol. The molecule has 0 atom stereocenters. The number of carbonyl (C=O) groups excluding carboxylic acids is 1. The molecule has 0 saturated heterocycles. The smallest absolute Gasteiger partial charge is 0.388 e. The molecule has 0 spiro atoms. The van der Waals surface area contributed by atoms with E-state index in [1.165, 1.54) is 24.3 Å². The number of rotatable bonds is 3. The van der Waals surface area contributed by atoms with Crippen LogP contribution in [0.4, 0.5) is 4.39 Å². The van der Waals surface area contributed by atoms with E-state index in [4.69, 9.17) is 4.42 Å². The van der Waals surface area contributed by atoms with Gasteiger partial charge in [0.15, 0.2) is 0 Å². The van der Waals surface area contributed by atoms with E-state index in [9.17, 15) is 14.0 Å². The van der Waals surface area contributed by atoms with Crippen LogP contribution in [0.15, 0.2) is 33.5 Å². The van der Waals surface area contributed by atoms with Gasteiger partial charge in [-0.3, -0.25) is 4.79 Å². The van der Waals surface area contributed by atoms with Crippen LogP contribution in [0, 0.1) is 5.82 Å². The van der Waals surface area contributed by atoms with Crippen LogP contribution in [0.25, 0.3) is 11.5 Å². The molecule has 0 aliphatic heterocycles. The highest BCUT2D eigenvalue weighted by Gasteiger charge is 2.17. The standard InChI is InChI=1S/C14H16FN3O3/c1-14(2,3)16-11(19)8-18-13(20)21-12(17-18)9-4-6-10(15)7-5-9/h4-7H,8H2,1-3H3,(H,16,19). The van der Waals surface area contributed by atoms with Crippen LogP contribution < -0.4 is 11.1 Å². The maximum atomic E-state index is 12.8. The predicted octanol–water partition coefficient (Wildman–Crippen LogP) is 1.56. The number of nitrogens with one attached hydrogen (secondary N) is 1. The summed E-state index contributed by atoms with van der Waals surface area (Å²) in [5.74, 6) is -1.43. The Balaban J connectivity index is 2.18. The maximum Gasteiger partial charge on any atom is 0.437 e. The van der Waals surface area contributed by atoms with Gasteiger partial charge in [-0.2, -0.15) is 4.68 Å². The molecule has 1 aromatic carbocycles. The highest BCUT2D eigenvalue weighted by Crippen LogP contribution is 2.15. The Morgan fingerprint density at radius 3 is 2.52 bits per heavy atom. The second-order valence-corrected chi connectivity index (χ2v) is 5.64. The summed E-state index contributed by atoms with van der Waals surface area (Å²) in [5.41, 5.74) is 0.0630. The third-order valence-corrected chi connectivity index (χ3v) is 2.51. The number of carbonyl (C=O) groups is 1. The van der Waals surface area contributed by atoms with Gasteiger partial charge in [-0.05, 0) is 45.0 Å². The van der Waals surface area contributed by atoms with Gasteiger partial charge >= 0.3 is 5.76 Å². The number of aromatic nitrogens is 2. The lowest BCUT2D eigenvalue weighted by Gasteiger charge is -2.19. The third kappa shape index (κ3) is 4.01. The van der Waals surface area contributed by atoms with Gasteiger partial charge in [0.25, 0.3) is 0 Å². The Labute approximate surface area is 120 Å². The Morgan fingerprint density at radius 1 is 1.33 bits per heavy atom. The van der Waals surface area contributed by atoms with E-state index in [1.54, 1.807) is 0 Å². The first-order valence-corrected chi connectivity index (χ1v) is 6.39. The summed E-state index contributed by atoms with van der Waals surface area (Å²) in [5, 5.41) is 6.66. The van der Waals surface area contributed by atoms with Crippen LogP contribution in [0.5, 0.6) is 0 Å². The molecular weight excluding hydrogens is 277 g/mol. The van der Waals surface area contributed by atoms with Crippen LogP contribution in [-0.4, -0.2) is 21.2 Å². The zero-order valence-electron chi connectivity index (χ0n) is 12.0. The van der Waals surface area contributed by atoms with Crippen molar-refractivity contribution < 1.29 is 13.6 Å². The monoisotopic (exact) mass is 293 g/mol. The van der Waals surface area contributed by atoms with Crippen molar-refractivity contribution in [2.24, 2.45) is 0 Å². The molecule has 0 saturated carbocycles. The molecule has 112 valence electrons. The van der Waals surface area contributed by atoms with Gasteiger partial charge in [0, 0.05) is 11.1 Å². The van der Waals surface area contributed by atoms with Crippen molar-refractivity contribution in [3.63, 3.8) is 0 Å². The van der Waals surface area contributed by atoms with Gasteiger partial charge in [0.2, 0.25) is 11.8 Å². The van der Waals surface area contributed by atoms with Crippen LogP contribution in [0.3, 0.4) is 0 Å². The molecule has 2 rings (SSSR count). The number of amides is 1. The second kappa shape index (κ2) is 5.51. The zero-order valence-corrected chi connectivity index (χ0v) is 12.0. The molecule has 1 aromatic heterocycles. The van der Waals surface area contributed by atoms with Crippen LogP contribution in [0.1, 0.15) is 20.8 Å². The SMILES string of the molecule is CC(C)(C)NC(=O)Cn1nc(-c2ccc(F)cc2)oc1=O. The van der Waals surface area contributed by atoms with Crippen molar-refractivity contribution in [3.05, 3.63) is 40.6 Å². The fraction of sp³-hybridized carbons (Fsp3) is 0.357. The summed E-state index contributed by atoms with van der Waals surface area (Å²) in [7, 11) is 0. The quantitative estimate of drug-likeness (QED) is 0.931. The molecule has 7 heteroatoms. The highest BCUT2D eigenvalue weighted by atomic mass is 19.1. The molecule has 6 nitrogen and oxygen atoms in total. The molecule has 2 aromatic rings. The third-order valence-electron chi connectivity index (χ3n) is 2.51. The molecule has 1 heterocycles. The number of hydrogen-bond donors (Lipinski definition) is 1. The van der Waals surface area contributed by atoms with Crippen molar-refractivity contribution in [2.45, 2.75) is 32.9 Å². The molecule has 0 fully saturated rings. The van der Waals surface area contributed by atoms with E-state index >= 15 is 0 Å². The largest absolute Gasteiger partial charge is 0.437 e. The van der Waals surface area contributed by atoms with E-state index < -0.39 is 17.1 Å². The van der Waals surface area contributed by atoms with Gasteiger partial charge in [0.05, 0.1) is 0 Å². The zero-order chi connectivity index (χ0) is 15.6. The fourth-order valence-electron chi connectivity index (χ4n) is 1.71. The van der Waals surface area contributed by atoms with E-state index in [1.807, 2.05) is 20.8 Å². The van der Waals surface area contributed by atoms with Crippen molar-refractivity contribution in [2.75, 3.05) is 0 Å². The van der Waals surface area contributed by atoms with E-state index in [2.05, 4.69) is 10.4 Å². The average Bonchev–Trinajstić information content (AvgIpc) is 2.69. The van der Waals surface area contributed by atoms with Crippen molar-refractivity contribution in [1.82, 2.24) is 15.1 Å². The van der Waals surface area contributed by atoms with Gasteiger partial charge < -0.3 is 9.73 Å². The second-order valence-electron chi connectivity index (χ2n) is 5.64. The number of halogens is 1. The van der Waals surface area contributed by atoms with E-state index in [0.717, 1.165) is 4.68 Å². The highest BCUT2D eigenvalue weighted by molar-refractivity contribution is 5.76. The average molecular weight is 293 g/mol. The van der Waals surface area contributed by atoms with Gasteiger partial charge in [-0.15, -0.1) is 5.10 Å². The first-order valence-electron chi connectivity index (χ1n) is 6.39. The Kier molecular flexibility index (Phi) is 3.93. The van der Waals surface area contributed by atoms with Crippen LogP contribution in [0.2, 0.25) is 0 Å². The number of nitrogens with zero attached hydrogens (tertiary/aromatic N) is 2. The van der Waals surface area contributed by atoms with Crippen molar-refractivity contribution in [3.8, 4) is 11.5 Å². The number of benzene rings is 1. The Hall–Kier alpha value is -2.44. The Bertz CT molecular complexity index is 695. The summed E-state index contributed by atoms with van der Waals surface area (Å²) < 4.78 is 18.7. The van der Waals surface area contributed by atoms with Crippen LogP contribution in [-0.2, 0) is 11.3 Å². The molecule has 0 aliphatic rings. The summed E-state index contributed by atoms with van der Waals surface area (Å²) in [6, 6.07) is 5.36. The lowest BCUT2D eigenvalue weighted by molar-refractivity contribution is -0.123. The fourth-order valence-corrected chi connectivity index (χ4v) is 1.71. The minimum Gasteiger partial charge on any atom is -0.388 e. The minimum atomic E-state index is -0.738. The first kappa shape index (κ1) is 15.0. The molecule has 0 unspecified atom stereocenters. The van der Waals surface area contributed by atoms with Crippen LogP contribution >= 0.6 is 0 Å². The van der Waals surface area contributed by atoms with Gasteiger partial charge in [-0.1, -0.05) is 0 Å². The maximum absolute atomic E-state index is 12.8. The summed E-state index contributed by atoms with van der Waals surface area (Å²) >= 11 is 0. The van der Waals surface area contributed by atoms with Crippen molar-refractivity contribution >= 4 is 5.91 Å². The first-order chi connectivity index (χ1) is 9.74. The van der Waals surface area contributed by atoms with Gasteiger partial charge in [0.1, 0.15) is 12.4 Å². The summed E-state index contributed by atoms with van der Waals surface area (Å²) in [6.45, 7) is 5.27. The molecule has 21 heavy (non-hydrogen) atoms. The molecular formula is C14H16FN3O3. The Morgan fingerprint density at radius 2 is 1.95 bits per heavy atom. The molecule has 0 radical (unpaired) electrons. The van der Waals surface area contributed by atoms with Gasteiger partial charge in [-0.25, -0.2) is 9.18 Å². The van der Waals surface area contributed by atoms with Crippen molar-refractivity contribution in [1.29, 1.82) is 0 Å². The summed E-state index contributed by atoms with van der Waals surface area (Å²) in [6.07, 6.45) is 0. The normalized spacial score (nSPS) is 11.4. The number of hydrogen-bond acceptors (Lipinski definition) is 4. The molecule has 1 N–H and O–H groups in total. The lowest BCUT2D eigenvalue weighted by Crippen LogP contribution is -2.43. The minimum absolute atomic E-state index is 0.0450. The lowest BCUT2D eigenvalue weighted by atomic mass is 10.1. The molecule has 0 aliphatic carbocycles. The van der Waals surface area contributed by atoms with E-state index in [0.29, 0.717) is 5.56 Å². The summed E-state index contributed by atoms with van der Waals surface area (Å²) in [4.78, 5) is 23.4.